The quantitative estimate of drug-likeness (QED) is 0.923. The van der Waals surface area contributed by atoms with Crippen molar-refractivity contribution in [1.29, 1.82) is 0 Å². The van der Waals surface area contributed by atoms with Gasteiger partial charge < -0.3 is 10.0 Å². The second-order valence-electron chi connectivity index (χ2n) is 5.00. The van der Waals surface area contributed by atoms with Crippen LogP contribution in [-0.2, 0) is 9.59 Å². The van der Waals surface area contributed by atoms with Gasteiger partial charge in [-0.3, -0.25) is 9.59 Å². The molecule has 0 bridgehead atoms. The SMILES string of the molecule is C[C@H](C(=O)N1CC[C@@H](C(=O)O)C1)c1ccc(F)c(F)c1. The van der Waals surface area contributed by atoms with E-state index >= 15 is 0 Å². The van der Waals surface area contributed by atoms with Crippen LogP contribution >= 0.6 is 0 Å². The summed E-state index contributed by atoms with van der Waals surface area (Å²) in [5, 5.41) is 8.91. The van der Waals surface area contributed by atoms with Crippen molar-refractivity contribution in [2.75, 3.05) is 13.1 Å². The monoisotopic (exact) mass is 283 g/mol. The Morgan fingerprint density at radius 2 is 2.05 bits per heavy atom. The summed E-state index contributed by atoms with van der Waals surface area (Å²) in [5.41, 5.74) is 0.382. The number of likely N-dealkylation sites (tertiary alicyclic amines) is 1. The maximum Gasteiger partial charge on any atom is 0.308 e. The molecule has 1 N–H and O–H groups in total. The van der Waals surface area contributed by atoms with Gasteiger partial charge in [0, 0.05) is 13.1 Å². The fourth-order valence-corrected chi connectivity index (χ4v) is 2.36. The third-order valence-corrected chi connectivity index (χ3v) is 3.66. The summed E-state index contributed by atoms with van der Waals surface area (Å²) in [4.78, 5) is 24.6. The van der Waals surface area contributed by atoms with Gasteiger partial charge in [0.15, 0.2) is 11.6 Å². The van der Waals surface area contributed by atoms with Gasteiger partial charge in [-0.2, -0.15) is 0 Å². The van der Waals surface area contributed by atoms with Crippen LogP contribution in [0, 0.1) is 17.6 Å². The highest BCUT2D eigenvalue weighted by Gasteiger charge is 2.33. The molecule has 108 valence electrons. The van der Waals surface area contributed by atoms with Crippen LogP contribution in [-0.4, -0.2) is 35.0 Å². The maximum atomic E-state index is 13.2. The molecule has 1 aliphatic heterocycles. The zero-order valence-corrected chi connectivity index (χ0v) is 11.0. The van der Waals surface area contributed by atoms with Crippen LogP contribution in [0.3, 0.4) is 0 Å². The zero-order chi connectivity index (χ0) is 14.9. The van der Waals surface area contributed by atoms with Crippen LogP contribution in [0.15, 0.2) is 18.2 Å². The summed E-state index contributed by atoms with van der Waals surface area (Å²) in [6.07, 6.45) is 0.422. The highest BCUT2D eigenvalue weighted by atomic mass is 19.2. The molecule has 1 amide bonds. The van der Waals surface area contributed by atoms with Crippen molar-refractivity contribution in [2.45, 2.75) is 19.3 Å². The average Bonchev–Trinajstić information content (AvgIpc) is 2.90. The average molecular weight is 283 g/mol. The van der Waals surface area contributed by atoms with Crippen molar-refractivity contribution in [1.82, 2.24) is 4.90 Å². The van der Waals surface area contributed by atoms with Crippen molar-refractivity contribution in [3.8, 4) is 0 Å². The molecule has 6 heteroatoms. The minimum atomic E-state index is -0.994. The third kappa shape index (κ3) is 2.79. The van der Waals surface area contributed by atoms with Gasteiger partial charge in [-0.25, -0.2) is 8.78 Å². The molecule has 0 radical (unpaired) electrons. The first-order valence-corrected chi connectivity index (χ1v) is 6.36. The molecule has 0 unspecified atom stereocenters. The molecule has 20 heavy (non-hydrogen) atoms. The second kappa shape index (κ2) is 5.56. The van der Waals surface area contributed by atoms with Gasteiger partial charge in [0.05, 0.1) is 11.8 Å². The van der Waals surface area contributed by atoms with E-state index in [0.29, 0.717) is 18.5 Å². The molecule has 0 aliphatic carbocycles. The van der Waals surface area contributed by atoms with Crippen molar-refractivity contribution in [2.24, 2.45) is 5.92 Å². The summed E-state index contributed by atoms with van der Waals surface area (Å²) in [7, 11) is 0. The van der Waals surface area contributed by atoms with E-state index in [2.05, 4.69) is 0 Å². The molecule has 1 heterocycles. The lowest BCUT2D eigenvalue weighted by Crippen LogP contribution is -2.33. The standard InChI is InChI=1S/C14H15F2NO3/c1-8(9-2-3-11(15)12(16)6-9)13(18)17-5-4-10(7-17)14(19)20/h2-3,6,8,10H,4-5,7H2,1H3,(H,19,20)/t8-,10+/m0/s1. The number of carbonyl (C=O) groups is 2. The zero-order valence-electron chi connectivity index (χ0n) is 11.0. The van der Waals surface area contributed by atoms with E-state index in [1.807, 2.05) is 0 Å². The molecule has 2 atom stereocenters. The van der Waals surface area contributed by atoms with Gasteiger partial charge in [-0.05, 0) is 31.0 Å². The van der Waals surface area contributed by atoms with Crippen molar-refractivity contribution in [3.63, 3.8) is 0 Å². The summed E-state index contributed by atoms with van der Waals surface area (Å²) in [5.74, 6) is -4.30. The number of rotatable bonds is 3. The van der Waals surface area contributed by atoms with Gasteiger partial charge in [-0.1, -0.05) is 6.07 Å². The first-order valence-electron chi connectivity index (χ1n) is 6.36. The molecule has 0 spiro atoms. The van der Waals surface area contributed by atoms with Crippen LogP contribution in [0.1, 0.15) is 24.8 Å². The Labute approximate surface area is 115 Å². The minimum absolute atomic E-state index is 0.169. The fourth-order valence-electron chi connectivity index (χ4n) is 2.36. The number of carboxylic acids is 1. The van der Waals surface area contributed by atoms with Crippen LogP contribution < -0.4 is 0 Å². The van der Waals surface area contributed by atoms with Crippen LogP contribution in [0.4, 0.5) is 8.78 Å². The van der Waals surface area contributed by atoms with Gasteiger partial charge in [0.2, 0.25) is 5.91 Å². The summed E-state index contributed by atoms with van der Waals surface area (Å²) in [6.45, 7) is 2.15. The Hall–Kier alpha value is -1.98. The highest BCUT2D eigenvalue weighted by Crippen LogP contribution is 2.24. The Morgan fingerprint density at radius 3 is 2.60 bits per heavy atom. The van der Waals surface area contributed by atoms with E-state index in [1.54, 1.807) is 6.92 Å². The lowest BCUT2D eigenvalue weighted by atomic mass is 9.99. The number of benzene rings is 1. The number of hydrogen-bond acceptors (Lipinski definition) is 2. The minimum Gasteiger partial charge on any atom is -0.481 e. The number of carbonyl (C=O) groups excluding carboxylic acids is 1. The van der Waals surface area contributed by atoms with Gasteiger partial charge >= 0.3 is 5.97 Å². The number of amides is 1. The van der Waals surface area contributed by atoms with Gasteiger partial charge in [0.25, 0.3) is 0 Å². The molecule has 1 fully saturated rings. The first-order chi connectivity index (χ1) is 9.40. The number of hydrogen-bond donors (Lipinski definition) is 1. The number of carboxylic acid groups (broad SMARTS) is 1. The van der Waals surface area contributed by atoms with Crippen molar-refractivity contribution < 1.29 is 23.5 Å². The summed E-state index contributed by atoms with van der Waals surface area (Å²) in [6, 6.07) is 3.35. The van der Waals surface area contributed by atoms with Crippen molar-refractivity contribution in [3.05, 3.63) is 35.4 Å². The molecule has 0 saturated carbocycles. The van der Waals surface area contributed by atoms with Gasteiger partial charge in [0.1, 0.15) is 0 Å². The Kier molecular flexibility index (Phi) is 4.01. The molecular weight excluding hydrogens is 268 g/mol. The predicted octanol–water partition coefficient (Wildman–Crippen LogP) is 2.00. The number of nitrogens with zero attached hydrogens (tertiary/aromatic N) is 1. The maximum absolute atomic E-state index is 13.2. The van der Waals surface area contributed by atoms with Gasteiger partial charge in [-0.15, -0.1) is 0 Å². The second-order valence-corrected chi connectivity index (χ2v) is 5.00. The van der Waals surface area contributed by atoms with E-state index in [-0.39, 0.29) is 12.5 Å². The Balaban J connectivity index is 2.09. The van der Waals surface area contributed by atoms with Crippen LogP contribution in [0.25, 0.3) is 0 Å². The summed E-state index contributed by atoms with van der Waals surface area (Å²) >= 11 is 0. The largest absolute Gasteiger partial charge is 0.481 e. The van der Waals surface area contributed by atoms with Crippen LogP contribution in [0.2, 0.25) is 0 Å². The molecule has 0 aromatic heterocycles. The molecule has 1 aromatic carbocycles. The molecule has 4 nitrogen and oxygen atoms in total. The fraction of sp³-hybridized carbons (Fsp3) is 0.429. The van der Waals surface area contributed by atoms with E-state index in [1.165, 1.54) is 11.0 Å². The van der Waals surface area contributed by atoms with E-state index < -0.39 is 29.4 Å². The van der Waals surface area contributed by atoms with E-state index in [0.717, 1.165) is 12.1 Å². The highest BCUT2D eigenvalue weighted by molar-refractivity contribution is 5.84. The molecular formula is C14H15F2NO3. The number of halogens is 2. The third-order valence-electron chi connectivity index (χ3n) is 3.66. The molecule has 1 aromatic rings. The number of aliphatic carboxylic acids is 1. The lowest BCUT2D eigenvalue weighted by Gasteiger charge is -2.21. The molecule has 1 saturated heterocycles. The first kappa shape index (κ1) is 14.4. The predicted molar refractivity (Wildman–Crippen MR) is 67.1 cm³/mol. The topological polar surface area (TPSA) is 57.6 Å². The molecule has 1 aliphatic rings. The molecule has 2 rings (SSSR count). The van der Waals surface area contributed by atoms with E-state index in [9.17, 15) is 18.4 Å². The summed E-state index contributed by atoms with van der Waals surface area (Å²) < 4.78 is 26.0. The van der Waals surface area contributed by atoms with Crippen LogP contribution in [0.5, 0.6) is 0 Å². The van der Waals surface area contributed by atoms with Crippen molar-refractivity contribution >= 4 is 11.9 Å². The Bertz CT molecular complexity index is 547. The lowest BCUT2D eigenvalue weighted by molar-refractivity contribution is -0.141. The Morgan fingerprint density at radius 1 is 1.35 bits per heavy atom. The normalized spacial score (nSPS) is 19.9. The smallest absolute Gasteiger partial charge is 0.308 e. The van der Waals surface area contributed by atoms with E-state index in [4.69, 9.17) is 5.11 Å².